The molecule has 0 aromatic heterocycles. The van der Waals surface area contributed by atoms with Gasteiger partial charge in [0, 0.05) is 18.8 Å². The van der Waals surface area contributed by atoms with Gasteiger partial charge in [0.15, 0.2) is 0 Å². The fraction of sp³-hybridized carbons (Fsp3) is 0.467. The first kappa shape index (κ1) is 14.5. The Morgan fingerprint density at radius 3 is 2.70 bits per heavy atom. The number of nitrogens with zero attached hydrogens (tertiary/aromatic N) is 1. The summed E-state index contributed by atoms with van der Waals surface area (Å²) in [5.74, 6) is -0.343. The zero-order valence-electron chi connectivity index (χ0n) is 11.6. The number of anilines is 1. The van der Waals surface area contributed by atoms with E-state index in [9.17, 15) is 14.0 Å². The van der Waals surface area contributed by atoms with E-state index >= 15 is 0 Å². The predicted molar refractivity (Wildman–Crippen MR) is 74.6 cm³/mol. The van der Waals surface area contributed by atoms with Gasteiger partial charge in [-0.05, 0) is 37.0 Å². The molecule has 1 aromatic carbocycles. The molecular formula is C15H19FN2O2. The monoisotopic (exact) mass is 278 g/mol. The molecule has 0 spiro atoms. The number of amides is 2. The third kappa shape index (κ3) is 4.05. The summed E-state index contributed by atoms with van der Waals surface area (Å²) in [6.45, 7) is 3.60. The van der Waals surface area contributed by atoms with Crippen molar-refractivity contribution in [3.63, 3.8) is 0 Å². The molecule has 1 saturated heterocycles. The highest BCUT2D eigenvalue weighted by Gasteiger charge is 2.22. The normalized spacial score (nSPS) is 16.0. The molecule has 20 heavy (non-hydrogen) atoms. The average molecular weight is 278 g/mol. The van der Waals surface area contributed by atoms with E-state index in [4.69, 9.17) is 0 Å². The lowest BCUT2D eigenvalue weighted by molar-refractivity contribution is -0.135. The van der Waals surface area contributed by atoms with Gasteiger partial charge < -0.3 is 10.2 Å². The molecule has 4 nitrogen and oxygen atoms in total. The molecule has 108 valence electrons. The summed E-state index contributed by atoms with van der Waals surface area (Å²) in [4.78, 5) is 25.5. The van der Waals surface area contributed by atoms with Crippen LogP contribution < -0.4 is 5.32 Å². The van der Waals surface area contributed by atoms with Gasteiger partial charge in [-0.1, -0.05) is 13.0 Å². The molecule has 0 unspecified atom stereocenters. The highest BCUT2D eigenvalue weighted by atomic mass is 19.1. The molecule has 0 radical (unpaired) electrons. The Kier molecular flexibility index (Phi) is 4.71. The zero-order chi connectivity index (χ0) is 14.5. The van der Waals surface area contributed by atoms with Crippen molar-refractivity contribution in [2.75, 3.05) is 18.4 Å². The first-order valence-corrected chi connectivity index (χ1v) is 6.88. The van der Waals surface area contributed by atoms with E-state index in [1.54, 1.807) is 11.0 Å². The van der Waals surface area contributed by atoms with Crippen molar-refractivity contribution in [3.05, 3.63) is 30.1 Å². The van der Waals surface area contributed by atoms with Gasteiger partial charge in [-0.2, -0.15) is 0 Å². The zero-order valence-corrected chi connectivity index (χ0v) is 11.6. The Hall–Kier alpha value is -1.91. The van der Waals surface area contributed by atoms with Crippen molar-refractivity contribution in [1.29, 1.82) is 0 Å². The van der Waals surface area contributed by atoms with E-state index in [2.05, 4.69) is 12.2 Å². The summed E-state index contributed by atoms with van der Waals surface area (Å²) < 4.78 is 13.0. The third-order valence-electron chi connectivity index (χ3n) is 3.56. The number of hydrogen-bond acceptors (Lipinski definition) is 2. The van der Waals surface area contributed by atoms with Gasteiger partial charge in [0.25, 0.3) is 0 Å². The van der Waals surface area contributed by atoms with E-state index in [-0.39, 0.29) is 12.3 Å². The molecule has 1 heterocycles. The van der Waals surface area contributed by atoms with Crippen molar-refractivity contribution < 1.29 is 14.0 Å². The molecule has 0 aliphatic carbocycles. The lowest BCUT2D eigenvalue weighted by atomic mass is 9.99. The second-order valence-corrected chi connectivity index (χ2v) is 5.30. The molecule has 0 atom stereocenters. The maximum atomic E-state index is 13.0. The Morgan fingerprint density at radius 2 is 2.05 bits per heavy atom. The number of carbonyl (C=O) groups excluding carboxylic acids is 2. The first-order valence-electron chi connectivity index (χ1n) is 6.88. The third-order valence-corrected chi connectivity index (χ3v) is 3.56. The minimum absolute atomic E-state index is 0.161. The quantitative estimate of drug-likeness (QED) is 0.863. The van der Waals surface area contributed by atoms with Crippen molar-refractivity contribution in [1.82, 2.24) is 4.90 Å². The molecule has 2 amide bonds. The van der Waals surface area contributed by atoms with E-state index in [1.165, 1.54) is 18.2 Å². The van der Waals surface area contributed by atoms with Crippen molar-refractivity contribution >= 4 is 17.5 Å². The maximum Gasteiger partial charge on any atom is 0.233 e. The molecule has 1 aliphatic rings. The van der Waals surface area contributed by atoms with Crippen LogP contribution in [0.25, 0.3) is 0 Å². The fourth-order valence-electron chi connectivity index (χ4n) is 2.28. The number of halogens is 1. The van der Waals surface area contributed by atoms with Crippen LogP contribution in [0.4, 0.5) is 10.1 Å². The Labute approximate surface area is 118 Å². The summed E-state index contributed by atoms with van der Waals surface area (Å²) >= 11 is 0. The highest BCUT2D eigenvalue weighted by molar-refractivity contribution is 6.03. The summed E-state index contributed by atoms with van der Waals surface area (Å²) in [5.41, 5.74) is 0.370. The van der Waals surface area contributed by atoms with Gasteiger partial charge in [0.05, 0.1) is 0 Å². The van der Waals surface area contributed by atoms with Gasteiger partial charge in [-0.25, -0.2) is 4.39 Å². The van der Waals surface area contributed by atoms with Gasteiger partial charge in [-0.15, -0.1) is 0 Å². The first-order chi connectivity index (χ1) is 9.54. The minimum Gasteiger partial charge on any atom is -0.342 e. The number of benzene rings is 1. The van der Waals surface area contributed by atoms with Crippen molar-refractivity contribution in [3.8, 4) is 0 Å². The molecule has 0 saturated carbocycles. The summed E-state index contributed by atoms with van der Waals surface area (Å²) in [6, 6.07) is 5.63. The molecule has 1 aliphatic heterocycles. The number of likely N-dealkylation sites (tertiary alicyclic amines) is 1. The van der Waals surface area contributed by atoms with Crippen molar-refractivity contribution in [2.24, 2.45) is 5.92 Å². The molecule has 0 bridgehead atoms. The van der Waals surface area contributed by atoms with Crippen LogP contribution in [-0.4, -0.2) is 29.8 Å². The van der Waals surface area contributed by atoms with Crippen LogP contribution >= 0.6 is 0 Å². The molecule has 1 aromatic rings. The largest absolute Gasteiger partial charge is 0.342 e. The number of carbonyl (C=O) groups is 2. The van der Waals surface area contributed by atoms with Gasteiger partial charge in [0.1, 0.15) is 12.2 Å². The van der Waals surface area contributed by atoms with Gasteiger partial charge in [-0.3, -0.25) is 9.59 Å². The topological polar surface area (TPSA) is 49.4 Å². The highest BCUT2D eigenvalue weighted by Crippen LogP contribution is 2.17. The number of hydrogen-bond donors (Lipinski definition) is 1. The number of piperidine rings is 1. The summed E-state index contributed by atoms with van der Waals surface area (Å²) in [6.07, 6.45) is 1.78. The van der Waals surface area contributed by atoms with E-state index in [1.807, 2.05) is 0 Å². The van der Waals surface area contributed by atoms with E-state index < -0.39 is 11.7 Å². The molecule has 1 N–H and O–H groups in total. The Balaban J connectivity index is 1.83. The van der Waals surface area contributed by atoms with Crippen LogP contribution in [0.5, 0.6) is 0 Å². The molecule has 2 rings (SSSR count). The minimum atomic E-state index is -0.417. The lowest BCUT2D eigenvalue weighted by Crippen LogP contribution is -2.39. The Bertz CT molecular complexity index is 496. The number of rotatable bonds is 3. The van der Waals surface area contributed by atoms with Crippen LogP contribution in [0.2, 0.25) is 0 Å². The van der Waals surface area contributed by atoms with Crippen LogP contribution in [0.1, 0.15) is 26.2 Å². The second kappa shape index (κ2) is 6.50. The smallest absolute Gasteiger partial charge is 0.233 e. The van der Waals surface area contributed by atoms with Crippen LogP contribution in [0, 0.1) is 11.7 Å². The predicted octanol–water partition coefficient (Wildman–Crippen LogP) is 2.41. The molecular weight excluding hydrogens is 259 g/mol. The van der Waals surface area contributed by atoms with Crippen LogP contribution in [0.3, 0.4) is 0 Å². The molecule has 1 fully saturated rings. The summed E-state index contributed by atoms with van der Waals surface area (Å²) in [5, 5.41) is 2.54. The number of nitrogens with one attached hydrogen (secondary N) is 1. The SMILES string of the molecule is CC1CCN(C(=O)CC(=O)Nc2cccc(F)c2)CC1. The standard InChI is InChI=1S/C15H19FN2O2/c1-11-5-7-18(8-6-11)15(20)10-14(19)17-13-4-2-3-12(16)9-13/h2-4,9,11H,5-8,10H2,1H3,(H,17,19). The maximum absolute atomic E-state index is 13.0. The second-order valence-electron chi connectivity index (χ2n) is 5.30. The molecule has 5 heteroatoms. The summed E-state index contributed by atoms with van der Waals surface area (Å²) in [7, 11) is 0. The van der Waals surface area contributed by atoms with Crippen LogP contribution in [0.15, 0.2) is 24.3 Å². The fourth-order valence-corrected chi connectivity index (χ4v) is 2.28. The van der Waals surface area contributed by atoms with Crippen molar-refractivity contribution in [2.45, 2.75) is 26.2 Å². The Morgan fingerprint density at radius 1 is 1.35 bits per heavy atom. The van der Waals surface area contributed by atoms with Crippen LogP contribution in [-0.2, 0) is 9.59 Å². The van der Waals surface area contributed by atoms with E-state index in [0.29, 0.717) is 24.7 Å². The van der Waals surface area contributed by atoms with E-state index in [0.717, 1.165) is 12.8 Å². The van der Waals surface area contributed by atoms with Gasteiger partial charge in [0.2, 0.25) is 11.8 Å². The average Bonchev–Trinajstić information content (AvgIpc) is 2.39. The lowest BCUT2D eigenvalue weighted by Gasteiger charge is -2.30. The van der Waals surface area contributed by atoms with Gasteiger partial charge >= 0.3 is 0 Å².